The first-order valence-corrected chi connectivity index (χ1v) is 46.0. The summed E-state index contributed by atoms with van der Waals surface area (Å²) < 4.78 is 0. The summed E-state index contributed by atoms with van der Waals surface area (Å²) in [4.78, 5) is 300. The number of nitrogens with two attached hydrogens (primary N) is 4. The predicted molar refractivity (Wildman–Crippen MR) is 488 cm³/mol. The highest BCUT2D eigenvalue weighted by Gasteiger charge is 2.48. The van der Waals surface area contributed by atoms with Crippen molar-refractivity contribution in [3.8, 4) is 17.2 Å². The number of carboxylic acid groups (broad SMARTS) is 2. The predicted octanol–water partition coefficient (Wildman–Crippen LogP) is -7.17. The van der Waals surface area contributed by atoms with Gasteiger partial charge in [0.05, 0.1) is 44.3 Å². The molecule has 3 aliphatic heterocycles. The number of nitrogens with zero attached hydrogens (tertiary/aromatic N) is 4. The number of carbonyl (C=O) groups is 21. The number of aromatic nitrogens is 2. The van der Waals surface area contributed by atoms with Crippen LogP contribution in [0.5, 0.6) is 17.2 Å². The zero-order chi connectivity index (χ0) is 102. The number of aliphatic carboxylic acids is 2. The molecule has 138 heavy (non-hydrogen) atoms. The topological polar surface area (TPSA) is 779 Å². The number of aliphatic hydroxyl groups excluding tert-OH is 1. The Balaban J connectivity index is 1.05. The Morgan fingerprint density at radius 1 is 0.442 bits per heavy atom. The molecule has 0 radical (unpaired) electrons. The smallest absolute Gasteiger partial charge is 0.325 e. The molecular formula is C88H122N22O27S. The number of aromatic hydroxyl groups is 3. The fourth-order valence-electron chi connectivity index (χ4n) is 15.5. The molecule has 752 valence electrons. The third-order valence-electron chi connectivity index (χ3n) is 22.8. The third-order valence-corrected chi connectivity index (χ3v) is 23.4. The van der Waals surface area contributed by atoms with Crippen LogP contribution in [0.1, 0.15) is 140 Å². The molecule has 0 saturated carbocycles. The summed E-state index contributed by atoms with van der Waals surface area (Å²) in [6, 6.07) is -9.09. The number of benzene rings is 3. The molecule has 50 heteroatoms. The van der Waals surface area contributed by atoms with Gasteiger partial charge in [0.25, 0.3) is 0 Å². The second-order valence-corrected chi connectivity index (χ2v) is 35.3. The normalized spacial score (nSPS) is 17.5. The van der Waals surface area contributed by atoms with Gasteiger partial charge in [0.1, 0.15) is 108 Å². The average molecular weight is 1950 g/mol. The van der Waals surface area contributed by atoms with Crippen molar-refractivity contribution in [2.75, 3.05) is 38.2 Å². The van der Waals surface area contributed by atoms with Crippen molar-refractivity contribution in [1.29, 1.82) is 0 Å². The molecule has 17 atom stereocenters. The van der Waals surface area contributed by atoms with Gasteiger partial charge in [0.15, 0.2) is 0 Å². The average Bonchev–Trinajstić information content (AvgIpc) is 1.63. The number of phenolic OH excluding ortho intramolecular Hbond substituents is 3. The minimum Gasteiger partial charge on any atom is -0.508 e. The number of aromatic amines is 1. The first kappa shape index (κ1) is 110. The van der Waals surface area contributed by atoms with Crippen LogP contribution in [-0.2, 0) is 126 Å². The van der Waals surface area contributed by atoms with E-state index in [-0.39, 0.29) is 119 Å². The van der Waals surface area contributed by atoms with Crippen molar-refractivity contribution in [3.05, 3.63) is 108 Å². The second-order valence-electron chi connectivity index (χ2n) is 34.3. The number of thioether (sulfide) groups is 1. The van der Waals surface area contributed by atoms with E-state index in [2.05, 4.69) is 79.1 Å². The highest BCUT2D eigenvalue weighted by atomic mass is 32.2. The molecule has 0 bridgehead atoms. The lowest BCUT2D eigenvalue weighted by Crippen LogP contribution is -2.62. The van der Waals surface area contributed by atoms with Crippen molar-refractivity contribution in [1.82, 2.24) is 93.8 Å². The number of hydrogen-bond acceptors (Lipinski definition) is 28. The van der Waals surface area contributed by atoms with E-state index in [4.69, 9.17) is 22.9 Å². The van der Waals surface area contributed by atoms with Gasteiger partial charge < -0.3 is 142 Å². The Bertz CT molecular complexity index is 5030. The van der Waals surface area contributed by atoms with Crippen LogP contribution in [0.4, 0.5) is 0 Å². The van der Waals surface area contributed by atoms with Gasteiger partial charge in [0, 0.05) is 63.6 Å². The minimum absolute atomic E-state index is 0.0124. The van der Waals surface area contributed by atoms with Crippen molar-refractivity contribution in [2.24, 2.45) is 28.9 Å². The van der Waals surface area contributed by atoms with Gasteiger partial charge in [-0.3, -0.25) is 101 Å². The number of aliphatic hydroxyl groups is 1. The van der Waals surface area contributed by atoms with Crippen molar-refractivity contribution in [3.63, 3.8) is 0 Å². The highest BCUT2D eigenvalue weighted by molar-refractivity contribution is 7.98. The van der Waals surface area contributed by atoms with Gasteiger partial charge in [-0.25, -0.2) is 4.98 Å². The van der Waals surface area contributed by atoms with Crippen LogP contribution in [0, 0.1) is 5.92 Å². The maximum atomic E-state index is 15.1. The Hall–Kier alpha value is -14.6. The number of primary amides is 3. The first-order valence-electron chi connectivity index (χ1n) is 44.6. The molecule has 3 saturated heterocycles. The number of H-pyrrole nitrogens is 1. The summed E-state index contributed by atoms with van der Waals surface area (Å²) in [5.74, 6) is -22.8. The summed E-state index contributed by atoms with van der Waals surface area (Å²) in [5, 5.41) is 91.9. The molecule has 49 nitrogen and oxygen atoms in total. The molecule has 3 aromatic carbocycles. The molecule has 3 aliphatic rings. The van der Waals surface area contributed by atoms with Crippen molar-refractivity contribution >= 4 is 136 Å². The summed E-state index contributed by atoms with van der Waals surface area (Å²) in [6.07, 6.45) is -2.00. The molecule has 3 fully saturated rings. The van der Waals surface area contributed by atoms with Gasteiger partial charge in [-0.2, -0.15) is 11.8 Å². The molecule has 19 amide bonds. The van der Waals surface area contributed by atoms with Gasteiger partial charge in [-0.1, -0.05) is 50.2 Å². The highest BCUT2D eigenvalue weighted by Crippen LogP contribution is 2.30. The summed E-state index contributed by atoms with van der Waals surface area (Å²) in [6.45, 7) is 5.89. The maximum Gasteiger partial charge on any atom is 0.325 e. The number of hydrogen-bond donors (Lipinski definition) is 24. The molecule has 28 N–H and O–H groups in total. The fourth-order valence-corrected chi connectivity index (χ4v) is 16.0. The molecule has 7 rings (SSSR count). The molecular weight excluding hydrogens is 1830 g/mol. The van der Waals surface area contributed by atoms with Crippen LogP contribution >= 0.6 is 11.8 Å². The SMILES string of the molecule is CSCC[C@H](NC(=O)[C@H](Cc1ccc(O)cc1)NC(=O)[C@@H](NC(=O)[C@@H](N)CC(N)=O)[C@@H](C)O)C(=O)N[C@@H](CCC(N)=O)C(=O)N[C@@H](Cc1ccc(O)cc1)C(=O)N[C@@H](CC(C)C)C(=O)N[C@@H](CC(N)=O)C(=O)N1CCC[C@H]1C(=O)N1CCC[C@H]1C(=O)N1CCC[C@H]1C(=O)N[C@@H](Cc1ccc(O)cc1)C(=O)N[C@@H](C)C(=O)N[C@@H](CC(=O)O)C(=O)N[C@@H](Cc1cnc[nH]1)C(=O)NCC(=O)N[C@@H](C)C(=O)O. The summed E-state index contributed by atoms with van der Waals surface area (Å²) >= 11 is 1.23. The summed E-state index contributed by atoms with van der Waals surface area (Å²) in [5.41, 5.74) is 23.6. The lowest BCUT2D eigenvalue weighted by atomic mass is 10.00. The largest absolute Gasteiger partial charge is 0.508 e. The number of nitrogens with one attached hydrogen (secondary N) is 14. The minimum atomic E-state index is -1.93. The number of carbonyl (C=O) groups excluding carboxylic acids is 19. The van der Waals surface area contributed by atoms with E-state index in [0.29, 0.717) is 16.7 Å². The number of rotatable bonds is 53. The zero-order valence-electron chi connectivity index (χ0n) is 76.8. The Kier molecular flexibility index (Phi) is 42.5. The second kappa shape index (κ2) is 53.1. The van der Waals surface area contributed by atoms with Crippen LogP contribution in [0.15, 0.2) is 85.3 Å². The fraction of sp³-hybridized carbons (Fsp3) is 0.523. The van der Waals surface area contributed by atoms with E-state index < -0.39 is 278 Å². The molecule has 4 aromatic rings. The van der Waals surface area contributed by atoms with Crippen molar-refractivity contribution < 1.29 is 131 Å². The van der Waals surface area contributed by atoms with Gasteiger partial charge in [-0.05, 0) is 150 Å². The number of phenols is 3. The zero-order valence-corrected chi connectivity index (χ0v) is 77.6. The molecule has 4 heterocycles. The molecule has 1 aromatic heterocycles. The van der Waals surface area contributed by atoms with E-state index >= 15 is 19.2 Å². The van der Waals surface area contributed by atoms with Crippen LogP contribution in [-0.4, -0.2) is 320 Å². The van der Waals surface area contributed by atoms with Crippen molar-refractivity contribution in [2.45, 2.75) is 247 Å². The Morgan fingerprint density at radius 3 is 1.33 bits per heavy atom. The first-order chi connectivity index (χ1) is 65.2. The number of imidazole rings is 1. The van der Waals surface area contributed by atoms with E-state index in [1.165, 1.54) is 121 Å². The number of amides is 19. The van der Waals surface area contributed by atoms with Gasteiger partial charge in [0.2, 0.25) is 112 Å². The van der Waals surface area contributed by atoms with E-state index in [9.17, 15) is 112 Å². The van der Waals surface area contributed by atoms with E-state index in [1.807, 2.05) is 0 Å². The lowest BCUT2D eigenvalue weighted by molar-refractivity contribution is -0.151. The van der Waals surface area contributed by atoms with Gasteiger partial charge in [-0.15, -0.1) is 0 Å². The Morgan fingerprint density at radius 2 is 0.862 bits per heavy atom. The third kappa shape index (κ3) is 34.3. The number of likely N-dealkylation sites (tertiary alicyclic amines) is 3. The molecule has 0 unspecified atom stereocenters. The monoisotopic (exact) mass is 1950 g/mol. The van der Waals surface area contributed by atoms with E-state index in [1.54, 1.807) is 20.1 Å². The van der Waals surface area contributed by atoms with Crippen LogP contribution < -0.4 is 92.1 Å². The van der Waals surface area contributed by atoms with Gasteiger partial charge >= 0.3 is 11.9 Å². The maximum absolute atomic E-state index is 15.1. The summed E-state index contributed by atoms with van der Waals surface area (Å²) in [7, 11) is 0. The quantitative estimate of drug-likeness (QED) is 0.0195. The molecule has 0 spiro atoms. The standard InChI is InChI=1S/C88H122N22O27S/c1-43(2)32-57(101-81(129)59(34-48-15-21-52(113)22-16-48)102-76(124)55(25-26-67(90)115)98-77(125)56(27-31-138-6)99-80(128)60(35-49-17-23-53(114)24-18-49)105-84(132)72(46(5)111)107-74(122)54(89)37-68(91)116)79(127)106-63(38-69(92)117)85(133)109-29-8-11-65(109)87(135)110-30-9-12-66(110)86(134)108-28-7-10-64(108)83(131)104-58(33-47-13-19-51(112)20-14-47)78(126)97-44(3)73(121)100-62(39-71(119)120)82(130)103-61(36-50-40-93-42-95-50)75(123)94-41-70(118)96-45(4)88(136)137/h13-24,40,42-46,54-66,72,111-114H,7-12,25-39,41,89H2,1-6H3,(H2,90,115)(H2,91,116)(H2,92,117)(H,93,95)(H,94,123)(H,96,118)(H,97,126)(H,98,125)(H,99,128)(H,100,121)(H,101,129)(H,102,124)(H,103,130)(H,104,131)(H,105,132)(H,106,127)(H,107,122)(H,119,120)(H,136,137)/t44-,45-,46+,54-,55-,56-,57-,58-,59-,60-,61-,62-,63-,64-,65-,66-,72-/m0/s1. The van der Waals surface area contributed by atoms with Crippen LogP contribution in [0.25, 0.3) is 0 Å². The lowest BCUT2D eigenvalue weighted by Gasteiger charge is -2.35. The van der Waals surface area contributed by atoms with Crippen LogP contribution in [0.3, 0.4) is 0 Å². The number of carboxylic acids is 2. The molecule has 0 aliphatic carbocycles. The Labute approximate surface area is 796 Å². The van der Waals surface area contributed by atoms with E-state index in [0.717, 1.165) is 11.8 Å². The van der Waals surface area contributed by atoms with Crippen LogP contribution in [0.2, 0.25) is 0 Å².